The van der Waals surface area contributed by atoms with Crippen molar-refractivity contribution in [2.75, 3.05) is 12.3 Å². The zero-order valence-electron chi connectivity index (χ0n) is 9.11. The summed E-state index contributed by atoms with van der Waals surface area (Å²) in [4.78, 5) is 0. The van der Waals surface area contributed by atoms with Crippen LogP contribution < -0.4 is 16.8 Å². The standard InChI is InChI=1S/C12H19N3/c1-8-5-11(14)12(15-7-8)9-3-2-4-10(13)6-9/h2-4,6,8,11-12,15H,5,7,13-14H2,1H3. The summed E-state index contributed by atoms with van der Waals surface area (Å²) in [5, 5.41) is 3.48. The summed E-state index contributed by atoms with van der Waals surface area (Å²) in [7, 11) is 0. The minimum absolute atomic E-state index is 0.190. The Balaban J connectivity index is 2.17. The van der Waals surface area contributed by atoms with Crippen LogP contribution in [0, 0.1) is 5.92 Å². The van der Waals surface area contributed by atoms with Gasteiger partial charge in [-0.05, 0) is 36.6 Å². The van der Waals surface area contributed by atoms with E-state index >= 15 is 0 Å². The van der Waals surface area contributed by atoms with E-state index in [0.717, 1.165) is 18.7 Å². The SMILES string of the molecule is CC1CNC(c2cccc(N)c2)C(N)C1. The van der Waals surface area contributed by atoms with Gasteiger partial charge in [0.05, 0.1) is 0 Å². The average Bonchev–Trinajstić information content (AvgIpc) is 2.17. The number of rotatable bonds is 1. The van der Waals surface area contributed by atoms with Crippen LogP contribution in [0.15, 0.2) is 24.3 Å². The van der Waals surface area contributed by atoms with Gasteiger partial charge in [-0.3, -0.25) is 0 Å². The molecule has 82 valence electrons. The first-order valence-electron chi connectivity index (χ1n) is 5.51. The van der Waals surface area contributed by atoms with E-state index in [4.69, 9.17) is 11.5 Å². The van der Waals surface area contributed by atoms with Crippen molar-refractivity contribution in [3.8, 4) is 0 Å². The highest BCUT2D eigenvalue weighted by atomic mass is 15.0. The average molecular weight is 205 g/mol. The molecule has 0 bridgehead atoms. The third-order valence-corrected chi connectivity index (χ3v) is 3.06. The fourth-order valence-electron chi connectivity index (χ4n) is 2.28. The first kappa shape index (κ1) is 10.5. The van der Waals surface area contributed by atoms with Crippen molar-refractivity contribution in [2.45, 2.75) is 25.4 Å². The summed E-state index contributed by atoms with van der Waals surface area (Å²) >= 11 is 0. The summed E-state index contributed by atoms with van der Waals surface area (Å²) in [6, 6.07) is 8.43. The molecular formula is C12H19N3. The minimum atomic E-state index is 0.190. The zero-order valence-corrected chi connectivity index (χ0v) is 9.11. The van der Waals surface area contributed by atoms with Crippen molar-refractivity contribution in [1.29, 1.82) is 0 Å². The Kier molecular flexibility index (Phi) is 2.93. The lowest BCUT2D eigenvalue weighted by atomic mass is 9.88. The Morgan fingerprint density at radius 2 is 2.20 bits per heavy atom. The molecule has 0 spiro atoms. The molecule has 0 amide bonds. The summed E-state index contributed by atoms with van der Waals surface area (Å²) in [5.74, 6) is 0.664. The molecule has 1 aromatic carbocycles. The van der Waals surface area contributed by atoms with E-state index in [1.807, 2.05) is 18.2 Å². The number of benzene rings is 1. The third-order valence-electron chi connectivity index (χ3n) is 3.06. The van der Waals surface area contributed by atoms with Gasteiger partial charge in [0, 0.05) is 17.8 Å². The molecule has 3 heteroatoms. The van der Waals surface area contributed by atoms with Crippen LogP contribution in [0.3, 0.4) is 0 Å². The van der Waals surface area contributed by atoms with Gasteiger partial charge in [0.1, 0.15) is 0 Å². The third kappa shape index (κ3) is 2.30. The number of hydrogen-bond donors (Lipinski definition) is 3. The second-order valence-corrected chi connectivity index (χ2v) is 4.56. The Labute approximate surface area is 90.8 Å². The highest BCUT2D eigenvalue weighted by Crippen LogP contribution is 2.25. The van der Waals surface area contributed by atoms with Crippen molar-refractivity contribution in [3.05, 3.63) is 29.8 Å². The van der Waals surface area contributed by atoms with E-state index in [1.165, 1.54) is 5.56 Å². The van der Waals surface area contributed by atoms with Gasteiger partial charge in [-0.15, -0.1) is 0 Å². The van der Waals surface area contributed by atoms with Crippen LogP contribution in [0.1, 0.15) is 24.9 Å². The second-order valence-electron chi connectivity index (χ2n) is 4.56. The predicted molar refractivity (Wildman–Crippen MR) is 63.4 cm³/mol. The van der Waals surface area contributed by atoms with E-state index in [-0.39, 0.29) is 12.1 Å². The topological polar surface area (TPSA) is 64.1 Å². The number of hydrogen-bond acceptors (Lipinski definition) is 3. The van der Waals surface area contributed by atoms with Gasteiger partial charge in [-0.2, -0.15) is 0 Å². The zero-order chi connectivity index (χ0) is 10.8. The lowest BCUT2D eigenvalue weighted by molar-refractivity contribution is 0.291. The van der Waals surface area contributed by atoms with Crippen LogP contribution in [0.5, 0.6) is 0 Å². The highest BCUT2D eigenvalue weighted by Gasteiger charge is 2.26. The summed E-state index contributed by atoms with van der Waals surface area (Å²) in [6.45, 7) is 3.26. The van der Waals surface area contributed by atoms with Gasteiger partial charge >= 0.3 is 0 Å². The Morgan fingerprint density at radius 3 is 2.87 bits per heavy atom. The number of nitrogen functional groups attached to an aromatic ring is 1. The van der Waals surface area contributed by atoms with Crippen molar-refractivity contribution in [2.24, 2.45) is 11.7 Å². The summed E-state index contributed by atoms with van der Waals surface area (Å²) in [5.41, 5.74) is 13.9. The van der Waals surface area contributed by atoms with Crippen LogP contribution in [0.2, 0.25) is 0 Å². The molecule has 3 atom stereocenters. The first-order chi connectivity index (χ1) is 7.16. The van der Waals surface area contributed by atoms with Gasteiger partial charge < -0.3 is 16.8 Å². The lowest BCUT2D eigenvalue weighted by Crippen LogP contribution is -2.46. The van der Waals surface area contributed by atoms with Crippen molar-refractivity contribution in [1.82, 2.24) is 5.32 Å². The molecule has 1 fully saturated rings. The molecule has 2 rings (SSSR count). The van der Waals surface area contributed by atoms with Crippen LogP contribution in [-0.2, 0) is 0 Å². The second kappa shape index (κ2) is 4.21. The van der Waals surface area contributed by atoms with E-state index in [1.54, 1.807) is 0 Å². The molecule has 0 radical (unpaired) electrons. The Hall–Kier alpha value is -1.06. The number of anilines is 1. The molecule has 3 unspecified atom stereocenters. The van der Waals surface area contributed by atoms with Gasteiger partial charge in [-0.1, -0.05) is 19.1 Å². The van der Waals surface area contributed by atoms with Crippen molar-refractivity contribution < 1.29 is 0 Å². The number of nitrogens with two attached hydrogens (primary N) is 2. The smallest absolute Gasteiger partial charge is 0.0474 e. The maximum Gasteiger partial charge on any atom is 0.0474 e. The molecule has 1 saturated heterocycles. The number of nitrogens with one attached hydrogen (secondary N) is 1. The van der Waals surface area contributed by atoms with E-state index < -0.39 is 0 Å². The minimum Gasteiger partial charge on any atom is -0.399 e. The van der Waals surface area contributed by atoms with E-state index in [2.05, 4.69) is 18.3 Å². The van der Waals surface area contributed by atoms with Crippen molar-refractivity contribution >= 4 is 5.69 Å². The van der Waals surface area contributed by atoms with E-state index in [0.29, 0.717) is 5.92 Å². The van der Waals surface area contributed by atoms with Crippen molar-refractivity contribution in [3.63, 3.8) is 0 Å². The lowest BCUT2D eigenvalue weighted by Gasteiger charge is -2.34. The molecule has 15 heavy (non-hydrogen) atoms. The molecule has 0 aromatic heterocycles. The van der Waals surface area contributed by atoms with E-state index in [9.17, 15) is 0 Å². The van der Waals surface area contributed by atoms with Gasteiger partial charge in [-0.25, -0.2) is 0 Å². The fourth-order valence-corrected chi connectivity index (χ4v) is 2.28. The molecule has 0 saturated carbocycles. The number of piperidine rings is 1. The summed E-state index contributed by atoms with van der Waals surface area (Å²) in [6.07, 6.45) is 1.08. The first-order valence-corrected chi connectivity index (χ1v) is 5.51. The monoisotopic (exact) mass is 205 g/mol. The molecule has 0 aliphatic carbocycles. The largest absolute Gasteiger partial charge is 0.399 e. The molecule has 1 heterocycles. The van der Waals surface area contributed by atoms with Crippen LogP contribution in [0.4, 0.5) is 5.69 Å². The van der Waals surface area contributed by atoms with Crippen LogP contribution >= 0.6 is 0 Å². The molecular weight excluding hydrogens is 186 g/mol. The van der Waals surface area contributed by atoms with Gasteiger partial charge in [0.2, 0.25) is 0 Å². The van der Waals surface area contributed by atoms with Crippen LogP contribution in [0.25, 0.3) is 0 Å². The maximum absolute atomic E-state index is 6.15. The predicted octanol–water partition coefficient (Wildman–Crippen LogP) is 1.27. The summed E-state index contributed by atoms with van der Waals surface area (Å²) < 4.78 is 0. The van der Waals surface area contributed by atoms with Gasteiger partial charge in [0.15, 0.2) is 0 Å². The molecule has 5 N–H and O–H groups in total. The maximum atomic E-state index is 6.15. The molecule has 1 aliphatic rings. The normalized spacial score (nSPS) is 31.5. The highest BCUT2D eigenvalue weighted by molar-refractivity contribution is 5.42. The quantitative estimate of drug-likeness (QED) is 0.605. The van der Waals surface area contributed by atoms with Crippen LogP contribution in [-0.4, -0.2) is 12.6 Å². The Bertz CT molecular complexity index is 337. The molecule has 1 aliphatic heterocycles. The molecule has 3 nitrogen and oxygen atoms in total. The Morgan fingerprint density at radius 1 is 1.40 bits per heavy atom. The van der Waals surface area contributed by atoms with Gasteiger partial charge in [0.25, 0.3) is 0 Å². The molecule has 1 aromatic rings. The fraction of sp³-hybridized carbons (Fsp3) is 0.500.